The highest BCUT2D eigenvalue weighted by Crippen LogP contribution is 2.31. The van der Waals surface area contributed by atoms with Crippen molar-refractivity contribution in [2.45, 2.75) is 39.3 Å². The predicted molar refractivity (Wildman–Crippen MR) is 182 cm³/mol. The summed E-state index contributed by atoms with van der Waals surface area (Å²) in [5.41, 5.74) is 7.50. The number of hydrogen-bond acceptors (Lipinski definition) is 7. The van der Waals surface area contributed by atoms with Crippen LogP contribution in [0.4, 0.5) is 11.5 Å². The Morgan fingerprint density at radius 1 is 0.932 bits per heavy atom. The van der Waals surface area contributed by atoms with E-state index in [0.29, 0.717) is 24.8 Å². The van der Waals surface area contributed by atoms with E-state index in [1.807, 2.05) is 48.3 Å². The van der Waals surface area contributed by atoms with Crippen LogP contribution in [0, 0.1) is 13.8 Å². The van der Waals surface area contributed by atoms with Gasteiger partial charge in [-0.3, -0.25) is 9.47 Å². The molecular weight excluding hydrogens is 570 g/mol. The van der Waals surface area contributed by atoms with Crippen LogP contribution in [0.3, 0.4) is 0 Å². The molecule has 2 aromatic heterocycles. The molecule has 0 spiro atoms. The van der Waals surface area contributed by atoms with Crippen molar-refractivity contribution in [2.75, 3.05) is 49.6 Å². The first-order valence-corrected chi connectivity index (χ1v) is 15.2. The lowest BCUT2D eigenvalue weighted by atomic mass is 10.1. The number of fused-ring (bicyclic) bond motifs is 1. The fourth-order valence-electron chi connectivity index (χ4n) is 6.20. The molecule has 8 nitrogen and oxygen atoms in total. The number of aliphatic hydroxyl groups excluding tert-OH is 1. The van der Waals surface area contributed by atoms with Crippen molar-refractivity contribution in [3.05, 3.63) is 96.3 Å². The first kappa shape index (κ1) is 31.4. The molecule has 3 aromatic carbocycles. The van der Waals surface area contributed by atoms with Gasteiger partial charge in [-0.05, 0) is 56.5 Å². The van der Waals surface area contributed by atoms with Gasteiger partial charge in [0.05, 0.1) is 6.10 Å². The minimum absolute atomic E-state index is 0. The first-order valence-electron chi connectivity index (χ1n) is 15.2. The van der Waals surface area contributed by atoms with Gasteiger partial charge in [0.15, 0.2) is 17.0 Å². The lowest BCUT2D eigenvalue weighted by molar-refractivity contribution is 0.124. The number of likely N-dealkylation sites (N-methyl/N-ethyl adjacent to an activating group) is 1. The van der Waals surface area contributed by atoms with Crippen LogP contribution in [0.25, 0.3) is 28.2 Å². The van der Waals surface area contributed by atoms with E-state index in [1.54, 1.807) is 6.33 Å². The number of piperazine rings is 1. The van der Waals surface area contributed by atoms with Gasteiger partial charge in [-0.15, -0.1) is 12.4 Å². The number of benzene rings is 3. The fraction of sp³-hybridized carbons (Fsp3) is 0.343. The fourth-order valence-corrected chi connectivity index (χ4v) is 6.20. The van der Waals surface area contributed by atoms with E-state index in [0.717, 1.165) is 54.4 Å². The van der Waals surface area contributed by atoms with E-state index in [4.69, 9.17) is 4.98 Å². The Morgan fingerprint density at radius 2 is 1.66 bits per heavy atom. The number of aromatic nitrogens is 4. The molecule has 44 heavy (non-hydrogen) atoms. The molecule has 1 aliphatic heterocycles. The van der Waals surface area contributed by atoms with Crippen molar-refractivity contribution in [3.8, 4) is 17.1 Å². The quantitative estimate of drug-likeness (QED) is 0.222. The van der Waals surface area contributed by atoms with Crippen LogP contribution < -0.4 is 9.80 Å². The van der Waals surface area contributed by atoms with Crippen LogP contribution in [-0.4, -0.2) is 81.4 Å². The zero-order valence-corrected chi connectivity index (χ0v) is 26.8. The Morgan fingerprint density at radius 3 is 2.39 bits per heavy atom. The molecule has 5 aromatic rings. The summed E-state index contributed by atoms with van der Waals surface area (Å²) in [4.78, 5) is 21.4. The monoisotopic (exact) mass is 611 g/mol. The van der Waals surface area contributed by atoms with Crippen LogP contribution in [0.1, 0.15) is 24.5 Å². The maximum absolute atomic E-state index is 11.1. The molecule has 2 unspecified atom stereocenters. The molecule has 230 valence electrons. The molecule has 0 saturated carbocycles. The zero-order valence-electron chi connectivity index (χ0n) is 26.0. The number of imidazole rings is 1. The molecule has 1 fully saturated rings. The predicted octanol–water partition coefficient (Wildman–Crippen LogP) is 5.92. The molecule has 0 aliphatic carbocycles. The highest BCUT2D eigenvalue weighted by Gasteiger charge is 2.26. The summed E-state index contributed by atoms with van der Waals surface area (Å²) in [5.74, 6) is 1.53. The molecule has 0 bridgehead atoms. The Hall–Kier alpha value is -3.98. The average Bonchev–Trinajstić information content (AvgIpc) is 3.42. The number of nitrogens with zero attached hydrogens (tertiary/aromatic N) is 7. The van der Waals surface area contributed by atoms with Crippen LogP contribution in [0.5, 0.6) is 0 Å². The van der Waals surface area contributed by atoms with Gasteiger partial charge in [0.25, 0.3) is 0 Å². The maximum atomic E-state index is 11.1. The van der Waals surface area contributed by atoms with E-state index < -0.39 is 6.10 Å². The smallest absolute Gasteiger partial charge is 0.170 e. The van der Waals surface area contributed by atoms with E-state index >= 15 is 0 Å². The number of rotatable bonds is 9. The van der Waals surface area contributed by atoms with Gasteiger partial charge in [0.1, 0.15) is 12.2 Å². The number of anilines is 2. The first-order chi connectivity index (χ1) is 20.9. The highest BCUT2D eigenvalue weighted by molar-refractivity contribution is 5.88. The van der Waals surface area contributed by atoms with Crippen molar-refractivity contribution in [2.24, 2.45) is 0 Å². The standard InChI is InChI=1S/C35H41N7O.ClH/c1-25-12-11-17-31(27(25)3)41-21-20-40(26(2)22-41)19-18-30(43)23-39(4)34-32-35(37-24-36-34)42(29-15-9-6-10-16-29)33(38-32)28-13-7-5-8-14-28;/h5-17,24,26,30,43H,18-23H2,1-4H3;1H. The largest absolute Gasteiger partial charge is 0.391 e. The van der Waals surface area contributed by atoms with Gasteiger partial charge in [-0.25, -0.2) is 15.0 Å². The highest BCUT2D eigenvalue weighted by atomic mass is 35.5. The number of halogens is 1. The van der Waals surface area contributed by atoms with Gasteiger partial charge in [-0.1, -0.05) is 60.7 Å². The zero-order chi connectivity index (χ0) is 29.9. The van der Waals surface area contributed by atoms with Crippen molar-refractivity contribution >= 4 is 35.1 Å². The lowest BCUT2D eigenvalue weighted by Crippen LogP contribution is -2.52. The van der Waals surface area contributed by atoms with Gasteiger partial charge >= 0.3 is 0 Å². The summed E-state index contributed by atoms with van der Waals surface area (Å²) in [6.07, 6.45) is 1.79. The number of aryl methyl sites for hydroxylation is 1. The third-order valence-corrected chi connectivity index (χ3v) is 8.75. The molecule has 1 saturated heterocycles. The molecule has 1 aliphatic rings. The van der Waals surface area contributed by atoms with Gasteiger partial charge in [0.2, 0.25) is 0 Å². The maximum Gasteiger partial charge on any atom is 0.170 e. The molecule has 1 N–H and O–H groups in total. The molecule has 0 amide bonds. The Kier molecular flexibility index (Phi) is 9.84. The Labute approximate surface area is 266 Å². The van der Waals surface area contributed by atoms with Crippen LogP contribution in [0.2, 0.25) is 0 Å². The number of aliphatic hydroxyl groups is 1. The minimum Gasteiger partial charge on any atom is -0.391 e. The second-order valence-electron chi connectivity index (χ2n) is 11.7. The second kappa shape index (κ2) is 13.8. The summed E-state index contributed by atoms with van der Waals surface area (Å²) < 4.78 is 2.08. The number of hydrogen-bond donors (Lipinski definition) is 1. The third kappa shape index (κ3) is 6.43. The second-order valence-corrected chi connectivity index (χ2v) is 11.7. The Balaban J connectivity index is 0.00000384. The van der Waals surface area contributed by atoms with Crippen LogP contribution >= 0.6 is 12.4 Å². The molecular formula is C35H42ClN7O. The van der Waals surface area contributed by atoms with Gasteiger partial charge < -0.3 is 14.9 Å². The van der Waals surface area contributed by atoms with E-state index in [9.17, 15) is 5.11 Å². The third-order valence-electron chi connectivity index (χ3n) is 8.75. The molecule has 3 heterocycles. The SMILES string of the molecule is Cc1cccc(N2CCN(CCC(O)CN(C)c3ncnc4c3nc(-c3ccccc3)n4-c3ccccc3)C(C)C2)c1C.Cl. The molecule has 9 heteroatoms. The Bertz CT molecular complexity index is 1680. The normalized spacial score (nSPS) is 16.1. The summed E-state index contributed by atoms with van der Waals surface area (Å²) >= 11 is 0. The van der Waals surface area contributed by atoms with Crippen molar-refractivity contribution < 1.29 is 5.11 Å². The summed E-state index contributed by atoms with van der Waals surface area (Å²) in [7, 11) is 1.97. The van der Waals surface area contributed by atoms with Gasteiger partial charge in [-0.2, -0.15) is 0 Å². The van der Waals surface area contributed by atoms with Crippen LogP contribution in [-0.2, 0) is 0 Å². The van der Waals surface area contributed by atoms with E-state index in [-0.39, 0.29) is 12.4 Å². The van der Waals surface area contributed by atoms with Crippen molar-refractivity contribution in [3.63, 3.8) is 0 Å². The van der Waals surface area contributed by atoms with Crippen LogP contribution in [0.15, 0.2) is 85.2 Å². The number of para-hydroxylation sites is 1. The summed E-state index contributed by atoms with van der Waals surface area (Å²) in [6, 6.07) is 27.3. The minimum atomic E-state index is -0.496. The lowest BCUT2D eigenvalue weighted by Gasteiger charge is -2.42. The topological polar surface area (TPSA) is 73.6 Å². The summed E-state index contributed by atoms with van der Waals surface area (Å²) in [5, 5.41) is 11.1. The van der Waals surface area contributed by atoms with Crippen molar-refractivity contribution in [1.82, 2.24) is 24.4 Å². The van der Waals surface area contributed by atoms with E-state index in [1.165, 1.54) is 16.8 Å². The average molecular weight is 612 g/mol. The van der Waals surface area contributed by atoms with E-state index in [2.05, 4.69) is 87.6 Å². The molecule has 0 radical (unpaired) electrons. The summed E-state index contributed by atoms with van der Waals surface area (Å²) in [6.45, 7) is 11.0. The van der Waals surface area contributed by atoms with Gasteiger partial charge in [0, 0.05) is 62.8 Å². The molecule has 2 atom stereocenters. The van der Waals surface area contributed by atoms with Crippen molar-refractivity contribution in [1.29, 1.82) is 0 Å². The molecule has 6 rings (SSSR count).